The molecule has 0 radical (unpaired) electrons. The maximum atomic E-state index is 13.0. The van der Waals surface area contributed by atoms with Crippen LogP contribution >= 0.6 is 35.6 Å². The minimum Gasteiger partial charge on any atom is -0.490 e. The number of hydrogen-bond acceptors (Lipinski definition) is 6. The molecule has 0 spiro atoms. The third-order valence-corrected chi connectivity index (χ3v) is 7.66. The fourth-order valence-electron chi connectivity index (χ4n) is 3.86. The van der Waals surface area contributed by atoms with Crippen molar-refractivity contribution in [3.05, 3.63) is 97.9 Å². The Kier molecular flexibility index (Phi) is 8.76. The molecule has 1 heterocycles. The van der Waals surface area contributed by atoms with E-state index in [9.17, 15) is 9.59 Å². The van der Waals surface area contributed by atoms with Gasteiger partial charge in [0.15, 0.2) is 15.8 Å². The smallest absolute Gasteiger partial charge is 0.285 e. The van der Waals surface area contributed by atoms with Crippen molar-refractivity contribution >= 4 is 57.8 Å². The number of thiocarbonyl (C=S) groups is 1. The Labute approximate surface area is 236 Å². The number of hydrazine groups is 1. The molecule has 3 aromatic carbocycles. The Bertz CT molecular complexity index is 1450. The fourth-order valence-corrected chi connectivity index (χ4v) is 5.26. The summed E-state index contributed by atoms with van der Waals surface area (Å²) < 4.78 is 12.2. The van der Waals surface area contributed by atoms with E-state index in [0.717, 1.165) is 27.9 Å². The van der Waals surface area contributed by atoms with Gasteiger partial charge in [0.05, 0.1) is 22.1 Å². The highest BCUT2D eigenvalue weighted by Crippen LogP contribution is 2.35. The molecular formula is C29H27ClN2O4S2. The summed E-state index contributed by atoms with van der Waals surface area (Å²) in [6.07, 6.45) is 1.71. The first-order chi connectivity index (χ1) is 18.2. The second kappa shape index (κ2) is 12.0. The molecule has 0 atom stereocenters. The predicted molar refractivity (Wildman–Crippen MR) is 157 cm³/mol. The van der Waals surface area contributed by atoms with Crippen LogP contribution in [0, 0.1) is 20.8 Å². The first-order valence-corrected chi connectivity index (χ1v) is 13.6. The number of rotatable bonds is 8. The maximum Gasteiger partial charge on any atom is 0.285 e. The van der Waals surface area contributed by atoms with Crippen molar-refractivity contribution in [2.24, 2.45) is 0 Å². The van der Waals surface area contributed by atoms with Gasteiger partial charge in [-0.05, 0) is 98.1 Å². The van der Waals surface area contributed by atoms with Crippen molar-refractivity contribution in [1.29, 1.82) is 0 Å². The van der Waals surface area contributed by atoms with Crippen molar-refractivity contribution in [2.45, 2.75) is 34.3 Å². The molecule has 0 saturated carbocycles. The molecule has 196 valence electrons. The van der Waals surface area contributed by atoms with Crippen LogP contribution < -0.4 is 14.9 Å². The van der Waals surface area contributed by atoms with Crippen LogP contribution in [-0.2, 0) is 11.4 Å². The van der Waals surface area contributed by atoms with Crippen molar-refractivity contribution < 1.29 is 19.1 Å². The summed E-state index contributed by atoms with van der Waals surface area (Å²) in [4.78, 5) is 26.1. The third kappa shape index (κ3) is 6.20. The van der Waals surface area contributed by atoms with E-state index in [1.54, 1.807) is 30.3 Å². The van der Waals surface area contributed by atoms with Gasteiger partial charge in [0.1, 0.15) is 6.61 Å². The van der Waals surface area contributed by atoms with Gasteiger partial charge in [0.2, 0.25) is 0 Å². The van der Waals surface area contributed by atoms with Crippen LogP contribution in [0.1, 0.15) is 45.1 Å². The number of thioether (sulfide) groups is 1. The van der Waals surface area contributed by atoms with Crippen molar-refractivity contribution in [3.63, 3.8) is 0 Å². The van der Waals surface area contributed by atoms with Gasteiger partial charge >= 0.3 is 0 Å². The number of carbonyl (C=O) groups is 2. The Morgan fingerprint density at radius 3 is 2.50 bits per heavy atom. The van der Waals surface area contributed by atoms with Crippen LogP contribution in [0.25, 0.3) is 6.08 Å². The van der Waals surface area contributed by atoms with Gasteiger partial charge in [-0.15, -0.1) is 0 Å². The summed E-state index contributed by atoms with van der Waals surface area (Å²) in [6.45, 7) is 9.03. The molecule has 1 aliphatic heterocycles. The standard InChI is InChI=1S/C29H27ClN2O4S2/c1-5-35-25-14-20(10-11-24(25)36-16-21-13-18(3)17(2)12-19(21)4)15-26-28(34)32(29(37)38-26)31-27(33)22-8-6-7-9-23(22)30/h6-15H,5,16H2,1-4H3,(H,31,33)/b26-15+. The normalized spacial score (nSPS) is 14.2. The minimum absolute atomic E-state index is 0.218. The summed E-state index contributed by atoms with van der Waals surface area (Å²) in [5.74, 6) is 0.239. The van der Waals surface area contributed by atoms with Gasteiger partial charge in [-0.2, -0.15) is 5.01 Å². The first-order valence-electron chi connectivity index (χ1n) is 12.0. The number of amides is 2. The molecule has 3 aromatic rings. The molecule has 0 bridgehead atoms. The molecule has 2 amide bonds. The van der Waals surface area contributed by atoms with Crippen molar-refractivity contribution in [3.8, 4) is 11.5 Å². The average molecular weight is 567 g/mol. The number of nitrogens with one attached hydrogen (secondary N) is 1. The second-order valence-electron chi connectivity index (χ2n) is 8.73. The van der Waals surface area contributed by atoms with Crippen LogP contribution in [0.5, 0.6) is 11.5 Å². The molecule has 1 N–H and O–H groups in total. The average Bonchev–Trinajstić information content (AvgIpc) is 3.14. The summed E-state index contributed by atoms with van der Waals surface area (Å²) in [7, 11) is 0. The van der Waals surface area contributed by atoms with Gasteiger partial charge in [-0.3, -0.25) is 15.0 Å². The lowest BCUT2D eigenvalue weighted by atomic mass is 10.0. The molecule has 1 saturated heterocycles. The maximum absolute atomic E-state index is 13.0. The molecule has 38 heavy (non-hydrogen) atoms. The Balaban J connectivity index is 1.51. The summed E-state index contributed by atoms with van der Waals surface area (Å²) >= 11 is 12.6. The van der Waals surface area contributed by atoms with Gasteiger partial charge in [-0.25, -0.2) is 0 Å². The van der Waals surface area contributed by atoms with Gasteiger partial charge in [-0.1, -0.05) is 53.7 Å². The van der Waals surface area contributed by atoms with E-state index in [4.69, 9.17) is 33.3 Å². The van der Waals surface area contributed by atoms with Crippen molar-refractivity contribution in [2.75, 3.05) is 6.61 Å². The highest BCUT2D eigenvalue weighted by atomic mass is 35.5. The zero-order valence-electron chi connectivity index (χ0n) is 21.5. The number of benzene rings is 3. The van der Waals surface area contributed by atoms with Crippen LogP contribution in [0.15, 0.2) is 59.5 Å². The molecule has 6 nitrogen and oxygen atoms in total. The highest BCUT2D eigenvalue weighted by Gasteiger charge is 2.34. The van der Waals surface area contributed by atoms with Gasteiger partial charge in [0, 0.05) is 0 Å². The number of nitrogens with zero attached hydrogens (tertiary/aromatic N) is 1. The number of carbonyl (C=O) groups excluding carboxylic acids is 2. The van der Waals surface area contributed by atoms with E-state index in [0.29, 0.717) is 29.6 Å². The number of aryl methyl sites for hydroxylation is 3. The van der Waals surface area contributed by atoms with Crippen molar-refractivity contribution in [1.82, 2.24) is 10.4 Å². The Morgan fingerprint density at radius 2 is 1.76 bits per heavy atom. The summed E-state index contributed by atoms with van der Waals surface area (Å²) in [5.41, 5.74) is 8.29. The largest absolute Gasteiger partial charge is 0.490 e. The quantitative estimate of drug-likeness (QED) is 0.239. The first kappa shape index (κ1) is 27.7. The third-order valence-electron chi connectivity index (χ3n) is 6.03. The lowest BCUT2D eigenvalue weighted by Crippen LogP contribution is -2.44. The molecular weight excluding hydrogens is 540 g/mol. The van der Waals surface area contributed by atoms with E-state index in [1.165, 1.54) is 16.7 Å². The molecule has 0 unspecified atom stereocenters. The zero-order chi connectivity index (χ0) is 27.4. The molecule has 9 heteroatoms. The van der Waals surface area contributed by atoms with Gasteiger partial charge < -0.3 is 9.47 Å². The molecule has 0 aliphatic carbocycles. The lowest BCUT2D eigenvalue weighted by Gasteiger charge is -2.16. The van der Waals surface area contributed by atoms with E-state index < -0.39 is 11.8 Å². The zero-order valence-corrected chi connectivity index (χ0v) is 23.9. The van der Waals surface area contributed by atoms with E-state index in [2.05, 4.69) is 38.3 Å². The molecule has 0 aromatic heterocycles. The molecule has 4 rings (SSSR count). The van der Waals surface area contributed by atoms with E-state index in [1.807, 2.05) is 25.1 Å². The van der Waals surface area contributed by atoms with E-state index in [-0.39, 0.29) is 14.9 Å². The van der Waals surface area contributed by atoms with E-state index >= 15 is 0 Å². The highest BCUT2D eigenvalue weighted by molar-refractivity contribution is 8.26. The van der Waals surface area contributed by atoms with Gasteiger partial charge in [0.25, 0.3) is 11.8 Å². The fraction of sp³-hybridized carbons (Fsp3) is 0.207. The number of hydrogen-bond donors (Lipinski definition) is 1. The number of ether oxygens (including phenoxy) is 2. The van der Waals surface area contributed by atoms with Crippen LogP contribution in [0.3, 0.4) is 0 Å². The Morgan fingerprint density at radius 1 is 1.03 bits per heavy atom. The lowest BCUT2D eigenvalue weighted by molar-refractivity contribution is -0.123. The topological polar surface area (TPSA) is 67.9 Å². The second-order valence-corrected chi connectivity index (χ2v) is 10.8. The molecule has 1 fully saturated rings. The van der Waals surface area contributed by atoms with Crippen LogP contribution in [-0.4, -0.2) is 27.8 Å². The molecule has 1 aliphatic rings. The Hall–Kier alpha value is -3.33. The summed E-state index contributed by atoms with van der Waals surface area (Å²) in [6, 6.07) is 16.4. The monoisotopic (exact) mass is 566 g/mol. The SMILES string of the molecule is CCOc1cc(/C=C2/SC(=S)N(NC(=O)c3ccccc3Cl)C2=O)ccc1OCc1cc(C)c(C)cc1C. The predicted octanol–water partition coefficient (Wildman–Crippen LogP) is 6.79. The minimum atomic E-state index is -0.521. The van der Waals surface area contributed by atoms with Crippen LogP contribution in [0.2, 0.25) is 5.02 Å². The summed E-state index contributed by atoms with van der Waals surface area (Å²) in [5, 5.41) is 1.34. The van der Waals surface area contributed by atoms with Crippen LogP contribution in [0.4, 0.5) is 0 Å². The number of halogens is 1.